The minimum Gasteiger partial charge on any atom is -0.381 e. The van der Waals surface area contributed by atoms with Crippen LogP contribution in [0.3, 0.4) is 0 Å². The van der Waals surface area contributed by atoms with Gasteiger partial charge in [-0.15, -0.1) is 0 Å². The quantitative estimate of drug-likeness (QED) is 0.763. The molecule has 3 heteroatoms. The Labute approximate surface area is 92.2 Å². The summed E-state index contributed by atoms with van der Waals surface area (Å²) in [6.45, 7) is 2.28. The van der Waals surface area contributed by atoms with Crippen molar-refractivity contribution in [1.29, 1.82) is 0 Å². The number of hydrogen-bond acceptors (Lipinski definition) is 3. The van der Waals surface area contributed by atoms with E-state index in [9.17, 15) is 0 Å². The molecule has 2 nitrogen and oxygen atoms in total. The van der Waals surface area contributed by atoms with Crippen LogP contribution < -0.4 is 5.32 Å². The standard InChI is InChI=1S/C11H23NOS/c1-9(8-14-3)12-10-4-6-11(13-2)7-5-10/h9-12H,4-8H2,1-3H3. The maximum absolute atomic E-state index is 5.36. The van der Waals surface area contributed by atoms with Gasteiger partial charge in [-0.25, -0.2) is 0 Å². The lowest BCUT2D eigenvalue weighted by Crippen LogP contribution is -2.41. The van der Waals surface area contributed by atoms with Crippen molar-refractivity contribution in [1.82, 2.24) is 5.32 Å². The Kier molecular flexibility index (Phi) is 5.90. The van der Waals surface area contributed by atoms with E-state index in [-0.39, 0.29) is 0 Å². The Bertz CT molecular complexity index is 146. The molecular formula is C11H23NOS. The molecule has 0 aliphatic heterocycles. The van der Waals surface area contributed by atoms with Crippen LogP contribution in [0.15, 0.2) is 0 Å². The van der Waals surface area contributed by atoms with Crippen LogP contribution in [-0.4, -0.2) is 37.3 Å². The molecule has 0 radical (unpaired) electrons. The first kappa shape index (κ1) is 12.3. The van der Waals surface area contributed by atoms with Crippen LogP contribution in [0.25, 0.3) is 0 Å². The van der Waals surface area contributed by atoms with E-state index in [0.717, 1.165) is 6.04 Å². The molecular weight excluding hydrogens is 194 g/mol. The summed E-state index contributed by atoms with van der Waals surface area (Å²) in [6, 6.07) is 1.37. The monoisotopic (exact) mass is 217 g/mol. The summed E-state index contributed by atoms with van der Waals surface area (Å²) in [5.41, 5.74) is 0. The summed E-state index contributed by atoms with van der Waals surface area (Å²) in [5, 5.41) is 3.69. The van der Waals surface area contributed by atoms with Crippen LogP contribution in [-0.2, 0) is 4.74 Å². The largest absolute Gasteiger partial charge is 0.381 e. The summed E-state index contributed by atoms with van der Waals surface area (Å²) < 4.78 is 5.36. The molecule has 0 aromatic rings. The first-order valence-corrected chi connectivity index (χ1v) is 6.93. The Morgan fingerprint density at radius 3 is 2.50 bits per heavy atom. The molecule has 0 bridgehead atoms. The molecule has 1 aliphatic carbocycles. The average molecular weight is 217 g/mol. The van der Waals surface area contributed by atoms with E-state index in [4.69, 9.17) is 4.74 Å². The molecule has 0 aromatic heterocycles. The van der Waals surface area contributed by atoms with Gasteiger partial charge in [0.1, 0.15) is 0 Å². The van der Waals surface area contributed by atoms with Crippen molar-refractivity contribution in [2.45, 2.75) is 50.8 Å². The van der Waals surface area contributed by atoms with Crippen molar-refractivity contribution in [2.24, 2.45) is 0 Å². The number of methoxy groups -OCH3 is 1. The van der Waals surface area contributed by atoms with Gasteiger partial charge in [0.2, 0.25) is 0 Å². The van der Waals surface area contributed by atoms with Gasteiger partial charge in [0.05, 0.1) is 6.10 Å². The van der Waals surface area contributed by atoms with Gasteiger partial charge in [-0.2, -0.15) is 11.8 Å². The van der Waals surface area contributed by atoms with Crippen LogP contribution in [0.4, 0.5) is 0 Å². The molecule has 0 aromatic carbocycles. The van der Waals surface area contributed by atoms with E-state index in [0.29, 0.717) is 12.1 Å². The van der Waals surface area contributed by atoms with Crippen LogP contribution in [0.1, 0.15) is 32.6 Å². The fourth-order valence-corrected chi connectivity index (χ4v) is 2.76. The maximum atomic E-state index is 5.36. The predicted octanol–water partition coefficient (Wildman–Crippen LogP) is 2.29. The summed E-state index contributed by atoms with van der Waals surface area (Å²) >= 11 is 1.92. The van der Waals surface area contributed by atoms with Gasteiger partial charge < -0.3 is 10.1 Å². The van der Waals surface area contributed by atoms with Crippen molar-refractivity contribution in [3.63, 3.8) is 0 Å². The molecule has 0 spiro atoms. The van der Waals surface area contributed by atoms with Crippen molar-refractivity contribution in [3.05, 3.63) is 0 Å². The molecule has 1 fully saturated rings. The molecule has 0 saturated heterocycles. The zero-order chi connectivity index (χ0) is 10.4. The van der Waals surface area contributed by atoms with Gasteiger partial charge in [-0.1, -0.05) is 0 Å². The zero-order valence-corrected chi connectivity index (χ0v) is 10.4. The second-order valence-corrected chi connectivity index (χ2v) is 5.14. The van der Waals surface area contributed by atoms with Crippen LogP contribution in [0.2, 0.25) is 0 Å². The summed E-state index contributed by atoms with van der Waals surface area (Å²) in [5.74, 6) is 1.21. The van der Waals surface area contributed by atoms with Crippen molar-refractivity contribution >= 4 is 11.8 Å². The Balaban J connectivity index is 2.15. The number of nitrogens with one attached hydrogen (secondary N) is 1. The zero-order valence-electron chi connectivity index (χ0n) is 9.58. The molecule has 14 heavy (non-hydrogen) atoms. The average Bonchev–Trinajstić information content (AvgIpc) is 2.19. The van der Waals surface area contributed by atoms with Gasteiger partial charge in [0.25, 0.3) is 0 Å². The molecule has 1 N–H and O–H groups in total. The Morgan fingerprint density at radius 2 is 2.00 bits per heavy atom. The van der Waals surface area contributed by atoms with Gasteiger partial charge in [-0.05, 0) is 38.9 Å². The van der Waals surface area contributed by atoms with Crippen molar-refractivity contribution in [3.8, 4) is 0 Å². The Hall–Kier alpha value is 0.270. The van der Waals surface area contributed by atoms with E-state index in [1.165, 1.54) is 31.4 Å². The molecule has 1 aliphatic rings. The second-order valence-electron chi connectivity index (χ2n) is 4.23. The van der Waals surface area contributed by atoms with Gasteiger partial charge in [-0.3, -0.25) is 0 Å². The van der Waals surface area contributed by atoms with E-state index in [1.54, 1.807) is 0 Å². The molecule has 84 valence electrons. The first-order chi connectivity index (χ1) is 6.76. The predicted molar refractivity (Wildman–Crippen MR) is 64.0 cm³/mol. The van der Waals surface area contributed by atoms with Crippen LogP contribution in [0, 0.1) is 0 Å². The van der Waals surface area contributed by atoms with E-state index in [2.05, 4.69) is 18.5 Å². The highest BCUT2D eigenvalue weighted by Gasteiger charge is 2.21. The molecule has 1 atom stereocenters. The second kappa shape index (κ2) is 6.70. The molecule has 1 unspecified atom stereocenters. The van der Waals surface area contributed by atoms with E-state index in [1.807, 2.05) is 18.9 Å². The third kappa shape index (κ3) is 4.20. The highest BCUT2D eigenvalue weighted by atomic mass is 32.2. The summed E-state index contributed by atoms with van der Waals surface area (Å²) in [6.07, 6.45) is 7.68. The molecule has 0 heterocycles. The van der Waals surface area contributed by atoms with Crippen molar-refractivity contribution < 1.29 is 4.74 Å². The SMILES string of the molecule is COC1CCC(NC(C)CSC)CC1. The molecule has 1 saturated carbocycles. The van der Waals surface area contributed by atoms with Crippen LogP contribution >= 0.6 is 11.8 Å². The number of hydrogen-bond donors (Lipinski definition) is 1. The lowest BCUT2D eigenvalue weighted by Gasteiger charge is -2.30. The third-order valence-electron chi connectivity index (χ3n) is 2.94. The fraction of sp³-hybridized carbons (Fsp3) is 1.00. The number of rotatable bonds is 5. The van der Waals surface area contributed by atoms with Gasteiger partial charge in [0.15, 0.2) is 0 Å². The topological polar surface area (TPSA) is 21.3 Å². The summed E-state index contributed by atoms with van der Waals surface area (Å²) in [4.78, 5) is 0. The first-order valence-electron chi connectivity index (χ1n) is 5.54. The van der Waals surface area contributed by atoms with Crippen molar-refractivity contribution in [2.75, 3.05) is 19.1 Å². The minimum atomic E-state index is 0.518. The van der Waals surface area contributed by atoms with Crippen LogP contribution in [0.5, 0.6) is 0 Å². The number of ether oxygens (including phenoxy) is 1. The highest BCUT2D eigenvalue weighted by molar-refractivity contribution is 7.98. The lowest BCUT2D eigenvalue weighted by molar-refractivity contribution is 0.0617. The molecule has 0 amide bonds. The summed E-state index contributed by atoms with van der Waals surface area (Å²) in [7, 11) is 1.83. The smallest absolute Gasteiger partial charge is 0.0572 e. The normalized spacial score (nSPS) is 30.2. The maximum Gasteiger partial charge on any atom is 0.0572 e. The highest BCUT2D eigenvalue weighted by Crippen LogP contribution is 2.21. The van der Waals surface area contributed by atoms with E-state index < -0.39 is 0 Å². The third-order valence-corrected chi connectivity index (χ3v) is 3.78. The lowest BCUT2D eigenvalue weighted by atomic mass is 9.92. The van der Waals surface area contributed by atoms with E-state index >= 15 is 0 Å². The minimum absolute atomic E-state index is 0.518. The van der Waals surface area contributed by atoms with Gasteiger partial charge >= 0.3 is 0 Å². The Morgan fingerprint density at radius 1 is 1.36 bits per heavy atom. The fourth-order valence-electron chi connectivity index (χ4n) is 2.17. The molecule has 1 rings (SSSR count). The van der Waals surface area contributed by atoms with Gasteiger partial charge in [0, 0.05) is 24.9 Å². The number of thioether (sulfide) groups is 1.